The van der Waals surface area contributed by atoms with Gasteiger partial charge in [0.15, 0.2) is 0 Å². The number of benzene rings is 1. The first kappa shape index (κ1) is 12.1. The van der Waals surface area contributed by atoms with Crippen LogP contribution in [-0.2, 0) is 12.3 Å². The molecular formula is C12H15N3OS. The van der Waals surface area contributed by atoms with Crippen molar-refractivity contribution in [2.45, 2.75) is 31.4 Å². The Morgan fingerprint density at radius 3 is 2.47 bits per heavy atom. The first-order valence-corrected chi connectivity index (χ1v) is 6.38. The van der Waals surface area contributed by atoms with Gasteiger partial charge in [-0.15, -0.1) is 10.2 Å². The van der Waals surface area contributed by atoms with E-state index in [0.29, 0.717) is 11.1 Å². The van der Waals surface area contributed by atoms with Gasteiger partial charge in [0.2, 0.25) is 5.89 Å². The molecule has 2 rings (SSSR count). The SMILES string of the molecule is Cc1cc(C)cc(CSc2nnc(CN)o2)c1. The number of hydrogen-bond donors (Lipinski definition) is 1. The summed E-state index contributed by atoms with van der Waals surface area (Å²) in [6.07, 6.45) is 0. The standard InChI is InChI=1S/C12H15N3OS/c1-8-3-9(2)5-10(4-8)7-17-12-15-14-11(6-13)16-12/h3-5H,6-7,13H2,1-2H3. The average Bonchev–Trinajstić information content (AvgIpc) is 2.73. The number of nitrogens with zero attached hydrogens (tertiary/aromatic N) is 2. The van der Waals surface area contributed by atoms with Crippen molar-refractivity contribution in [3.63, 3.8) is 0 Å². The van der Waals surface area contributed by atoms with Gasteiger partial charge in [0, 0.05) is 5.75 Å². The van der Waals surface area contributed by atoms with Crippen LogP contribution in [0, 0.1) is 13.8 Å². The van der Waals surface area contributed by atoms with Crippen molar-refractivity contribution in [3.8, 4) is 0 Å². The Labute approximate surface area is 105 Å². The van der Waals surface area contributed by atoms with Gasteiger partial charge >= 0.3 is 0 Å². The molecule has 0 aliphatic rings. The number of aryl methyl sites for hydroxylation is 2. The van der Waals surface area contributed by atoms with Gasteiger partial charge in [-0.3, -0.25) is 0 Å². The van der Waals surface area contributed by atoms with E-state index in [2.05, 4.69) is 42.2 Å². The van der Waals surface area contributed by atoms with Gasteiger partial charge in [-0.1, -0.05) is 41.1 Å². The molecule has 0 saturated carbocycles. The topological polar surface area (TPSA) is 64.9 Å². The second-order valence-corrected chi connectivity index (χ2v) is 4.88. The van der Waals surface area contributed by atoms with Gasteiger partial charge in [-0.05, 0) is 19.4 Å². The highest BCUT2D eigenvalue weighted by Crippen LogP contribution is 2.22. The van der Waals surface area contributed by atoms with E-state index in [9.17, 15) is 0 Å². The maximum absolute atomic E-state index is 5.40. The van der Waals surface area contributed by atoms with Crippen LogP contribution in [0.1, 0.15) is 22.6 Å². The van der Waals surface area contributed by atoms with E-state index in [4.69, 9.17) is 10.2 Å². The summed E-state index contributed by atoms with van der Waals surface area (Å²) in [4.78, 5) is 0. The van der Waals surface area contributed by atoms with Gasteiger partial charge in [-0.25, -0.2) is 0 Å². The Morgan fingerprint density at radius 1 is 1.18 bits per heavy atom. The van der Waals surface area contributed by atoms with Crippen LogP contribution < -0.4 is 5.73 Å². The molecule has 0 radical (unpaired) electrons. The molecule has 0 atom stereocenters. The summed E-state index contributed by atoms with van der Waals surface area (Å²) >= 11 is 1.53. The smallest absolute Gasteiger partial charge is 0.276 e. The van der Waals surface area contributed by atoms with E-state index in [0.717, 1.165) is 5.75 Å². The summed E-state index contributed by atoms with van der Waals surface area (Å²) < 4.78 is 5.33. The van der Waals surface area contributed by atoms with Gasteiger partial charge in [0.1, 0.15) is 0 Å². The molecule has 0 unspecified atom stereocenters. The Kier molecular flexibility index (Phi) is 3.81. The Morgan fingerprint density at radius 2 is 1.88 bits per heavy atom. The van der Waals surface area contributed by atoms with Crippen molar-refractivity contribution in [1.82, 2.24) is 10.2 Å². The molecule has 1 aromatic carbocycles. The quantitative estimate of drug-likeness (QED) is 0.843. The van der Waals surface area contributed by atoms with Crippen LogP contribution in [0.25, 0.3) is 0 Å². The lowest BCUT2D eigenvalue weighted by atomic mass is 10.1. The lowest BCUT2D eigenvalue weighted by Crippen LogP contribution is -1.95. The molecule has 0 amide bonds. The summed E-state index contributed by atoms with van der Waals surface area (Å²) in [5, 5.41) is 8.31. The Bertz CT molecular complexity index is 490. The monoisotopic (exact) mass is 249 g/mol. The second kappa shape index (κ2) is 5.33. The molecule has 2 aromatic rings. The van der Waals surface area contributed by atoms with E-state index in [1.807, 2.05) is 0 Å². The summed E-state index contributed by atoms with van der Waals surface area (Å²) in [6.45, 7) is 4.48. The predicted molar refractivity (Wildman–Crippen MR) is 67.7 cm³/mol. The van der Waals surface area contributed by atoms with Crippen molar-refractivity contribution in [2.75, 3.05) is 0 Å². The molecule has 90 valence electrons. The van der Waals surface area contributed by atoms with E-state index in [1.165, 1.54) is 28.5 Å². The zero-order valence-corrected chi connectivity index (χ0v) is 10.8. The molecule has 1 heterocycles. The van der Waals surface area contributed by atoms with Crippen molar-refractivity contribution in [3.05, 3.63) is 40.8 Å². The molecule has 0 fully saturated rings. The fourth-order valence-electron chi connectivity index (χ4n) is 1.68. The van der Waals surface area contributed by atoms with Gasteiger partial charge in [-0.2, -0.15) is 0 Å². The van der Waals surface area contributed by atoms with Gasteiger partial charge in [0.25, 0.3) is 5.22 Å². The van der Waals surface area contributed by atoms with E-state index < -0.39 is 0 Å². The third-order valence-electron chi connectivity index (χ3n) is 2.27. The zero-order chi connectivity index (χ0) is 12.3. The van der Waals surface area contributed by atoms with Crippen LogP contribution in [0.3, 0.4) is 0 Å². The van der Waals surface area contributed by atoms with Crippen LogP contribution in [0.5, 0.6) is 0 Å². The Hall–Kier alpha value is -1.33. The number of aromatic nitrogens is 2. The third kappa shape index (κ3) is 3.31. The molecule has 1 aromatic heterocycles. The highest BCUT2D eigenvalue weighted by atomic mass is 32.2. The minimum atomic E-state index is 0.289. The Balaban J connectivity index is 2.01. The first-order chi connectivity index (χ1) is 8.17. The van der Waals surface area contributed by atoms with E-state index >= 15 is 0 Å². The van der Waals surface area contributed by atoms with Crippen LogP contribution in [-0.4, -0.2) is 10.2 Å². The van der Waals surface area contributed by atoms with Crippen molar-refractivity contribution in [2.24, 2.45) is 5.73 Å². The van der Waals surface area contributed by atoms with Crippen molar-refractivity contribution < 1.29 is 4.42 Å². The minimum Gasteiger partial charge on any atom is -0.415 e. The number of rotatable bonds is 4. The molecule has 0 saturated heterocycles. The van der Waals surface area contributed by atoms with E-state index in [1.54, 1.807) is 0 Å². The highest BCUT2D eigenvalue weighted by molar-refractivity contribution is 7.98. The number of thioether (sulfide) groups is 1. The first-order valence-electron chi connectivity index (χ1n) is 5.40. The molecule has 4 nitrogen and oxygen atoms in total. The molecule has 0 spiro atoms. The molecule has 5 heteroatoms. The molecule has 2 N–H and O–H groups in total. The predicted octanol–water partition coefficient (Wildman–Crippen LogP) is 2.44. The van der Waals surface area contributed by atoms with Crippen LogP contribution in [0.15, 0.2) is 27.8 Å². The van der Waals surface area contributed by atoms with Crippen LogP contribution in [0.4, 0.5) is 0 Å². The molecule has 17 heavy (non-hydrogen) atoms. The summed E-state index contributed by atoms with van der Waals surface area (Å²) in [5.41, 5.74) is 9.21. The minimum absolute atomic E-state index is 0.289. The highest BCUT2D eigenvalue weighted by Gasteiger charge is 2.05. The summed E-state index contributed by atoms with van der Waals surface area (Å²) in [7, 11) is 0. The molecular weight excluding hydrogens is 234 g/mol. The molecule has 0 aliphatic carbocycles. The second-order valence-electron chi connectivity index (χ2n) is 3.95. The van der Waals surface area contributed by atoms with Crippen LogP contribution >= 0.6 is 11.8 Å². The largest absolute Gasteiger partial charge is 0.415 e. The third-order valence-corrected chi connectivity index (χ3v) is 3.16. The van der Waals surface area contributed by atoms with Gasteiger partial charge < -0.3 is 10.2 Å². The fraction of sp³-hybridized carbons (Fsp3) is 0.333. The summed E-state index contributed by atoms with van der Waals surface area (Å²) in [6, 6.07) is 6.49. The molecule has 0 bridgehead atoms. The van der Waals surface area contributed by atoms with Crippen LogP contribution in [0.2, 0.25) is 0 Å². The van der Waals surface area contributed by atoms with Crippen molar-refractivity contribution in [1.29, 1.82) is 0 Å². The molecule has 0 aliphatic heterocycles. The maximum atomic E-state index is 5.40. The average molecular weight is 249 g/mol. The fourth-order valence-corrected chi connectivity index (χ4v) is 2.39. The lowest BCUT2D eigenvalue weighted by molar-refractivity contribution is 0.415. The van der Waals surface area contributed by atoms with Gasteiger partial charge in [0.05, 0.1) is 6.54 Å². The van der Waals surface area contributed by atoms with E-state index in [-0.39, 0.29) is 6.54 Å². The number of nitrogens with two attached hydrogens (primary N) is 1. The zero-order valence-electron chi connectivity index (χ0n) is 9.93. The normalized spacial score (nSPS) is 10.8. The lowest BCUT2D eigenvalue weighted by Gasteiger charge is -2.02. The number of hydrogen-bond acceptors (Lipinski definition) is 5. The maximum Gasteiger partial charge on any atom is 0.276 e. The van der Waals surface area contributed by atoms with Crippen molar-refractivity contribution >= 4 is 11.8 Å². The summed E-state index contributed by atoms with van der Waals surface area (Å²) in [5.74, 6) is 1.31.